The largest absolute Gasteiger partial charge is 0.489 e. The van der Waals surface area contributed by atoms with E-state index in [1.165, 1.54) is 0 Å². The predicted octanol–water partition coefficient (Wildman–Crippen LogP) is 5.53. The molecule has 0 spiro atoms. The van der Waals surface area contributed by atoms with Crippen molar-refractivity contribution in [3.63, 3.8) is 0 Å². The van der Waals surface area contributed by atoms with Crippen LogP contribution in [0.4, 0.5) is 5.95 Å². The number of imidazole rings is 1. The number of unbranched alkanes of at least 4 members (excludes halogenated alkanes) is 1. The average molecular weight is 498 g/mol. The number of fused-ring (bicyclic) bond motifs is 3. The van der Waals surface area contributed by atoms with E-state index < -0.39 is 17.9 Å². The first-order chi connectivity index (χ1) is 18.1. The van der Waals surface area contributed by atoms with Gasteiger partial charge in [0.1, 0.15) is 12.4 Å². The summed E-state index contributed by atoms with van der Waals surface area (Å²) in [6, 6.07) is 24.8. The van der Waals surface area contributed by atoms with Crippen molar-refractivity contribution in [3.05, 3.63) is 90.0 Å². The van der Waals surface area contributed by atoms with Gasteiger partial charge in [0.05, 0.1) is 23.7 Å². The topological polar surface area (TPSA) is 73.7 Å². The van der Waals surface area contributed by atoms with Crippen molar-refractivity contribution in [1.29, 1.82) is 0 Å². The maximum atomic E-state index is 13.8. The van der Waals surface area contributed by atoms with Crippen molar-refractivity contribution in [1.82, 2.24) is 9.55 Å². The number of rotatable bonds is 9. The lowest BCUT2D eigenvalue weighted by Crippen LogP contribution is -2.50. The van der Waals surface area contributed by atoms with Crippen LogP contribution in [-0.4, -0.2) is 34.6 Å². The van der Waals surface area contributed by atoms with Gasteiger partial charge in [-0.1, -0.05) is 67.9 Å². The number of carbonyl (C=O) groups is 2. The summed E-state index contributed by atoms with van der Waals surface area (Å²) in [4.78, 5) is 33.6. The van der Waals surface area contributed by atoms with Crippen LogP contribution >= 0.6 is 0 Å². The van der Waals surface area contributed by atoms with Crippen molar-refractivity contribution < 1.29 is 19.1 Å². The molecule has 2 heterocycles. The molecule has 7 nitrogen and oxygen atoms in total. The Morgan fingerprint density at radius 3 is 2.41 bits per heavy atom. The fourth-order valence-electron chi connectivity index (χ4n) is 4.88. The molecule has 0 fully saturated rings. The highest BCUT2D eigenvalue weighted by molar-refractivity contribution is 6.08. The number of para-hydroxylation sites is 2. The number of ether oxygens (including phenoxy) is 2. The molecule has 1 aromatic heterocycles. The second kappa shape index (κ2) is 10.9. The second-order valence-electron chi connectivity index (χ2n) is 9.13. The predicted molar refractivity (Wildman–Crippen MR) is 142 cm³/mol. The number of aromatic nitrogens is 2. The Morgan fingerprint density at radius 1 is 0.946 bits per heavy atom. The molecule has 5 rings (SSSR count). The third kappa shape index (κ3) is 4.81. The molecule has 3 aromatic carbocycles. The molecule has 0 saturated heterocycles. The summed E-state index contributed by atoms with van der Waals surface area (Å²) in [6.07, 6.45) is 1.73. The van der Waals surface area contributed by atoms with E-state index in [4.69, 9.17) is 14.5 Å². The summed E-state index contributed by atoms with van der Waals surface area (Å²) < 4.78 is 13.4. The van der Waals surface area contributed by atoms with E-state index in [2.05, 4.69) is 6.92 Å². The first-order valence-electron chi connectivity index (χ1n) is 12.8. The van der Waals surface area contributed by atoms with E-state index in [1.807, 2.05) is 83.4 Å². The molecule has 0 aliphatic carbocycles. The van der Waals surface area contributed by atoms with Crippen molar-refractivity contribution in [2.75, 3.05) is 18.1 Å². The van der Waals surface area contributed by atoms with E-state index >= 15 is 0 Å². The first-order valence-corrected chi connectivity index (χ1v) is 12.8. The average Bonchev–Trinajstić information content (AvgIpc) is 3.31. The van der Waals surface area contributed by atoms with E-state index in [0.717, 1.165) is 35.0 Å². The Bertz CT molecular complexity index is 1380. The minimum atomic E-state index is -1.02. The van der Waals surface area contributed by atoms with Crippen molar-refractivity contribution in [3.8, 4) is 5.75 Å². The van der Waals surface area contributed by atoms with Crippen molar-refractivity contribution in [2.45, 2.75) is 39.3 Å². The van der Waals surface area contributed by atoms with Crippen LogP contribution in [0.3, 0.4) is 0 Å². The van der Waals surface area contributed by atoms with Crippen LogP contribution in [0.1, 0.15) is 43.9 Å². The monoisotopic (exact) mass is 497 g/mol. The lowest BCUT2D eigenvalue weighted by Gasteiger charge is -2.38. The molecule has 7 heteroatoms. The van der Waals surface area contributed by atoms with E-state index in [-0.39, 0.29) is 12.5 Å². The van der Waals surface area contributed by atoms with Gasteiger partial charge >= 0.3 is 5.97 Å². The molecule has 37 heavy (non-hydrogen) atoms. The Balaban J connectivity index is 1.56. The number of anilines is 1. The Hall–Kier alpha value is -4.13. The van der Waals surface area contributed by atoms with Gasteiger partial charge in [-0.15, -0.1) is 0 Å². The summed E-state index contributed by atoms with van der Waals surface area (Å²) in [5, 5.41) is 0. The number of amides is 1. The van der Waals surface area contributed by atoms with Crippen LogP contribution in [0, 0.1) is 5.92 Å². The van der Waals surface area contributed by atoms with Crippen molar-refractivity contribution in [2.24, 2.45) is 5.92 Å². The summed E-state index contributed by atoms with van der Waals surface area (Å²) >= 11 is 0. The van der Waals surface area contributed by atoms with Crippen molar-refractivity contribution >= 4 is 28.9 Å². The fraction of sp³-hybridized carbons (Fsp3) is 0.300. The molecule has 0 bridgehead atoms. The highest BCUT2D eigenvalue weighted by Gasteiger charge is 2.47. The van der Waals surface area contributed by atoms with Gasteiger partial charge in [0.25, 0.3) is 0 Å². The van der Waals surface area contributed by atoms with Gasteiger partial charge in [0, 0.05) is 6.54 Å². The number of esters is 1. The molecule has 190 valence electrons. The molecule has 1 aliphatic rings. The van der Waals surface area contributed by atoms with Gasteiger partial charge in [-0.2, -0.15) is 0 Å². The van der Waals surface area contributed by atoms with Gasteiger partial charge in [-0.3, -0.25) is 14.5 Å². The minimum absolute atomic E-state index is 0.202. The van der Waals surface area contributed by atoms with E-state index in [9.17, 15) is 9.59 Å². The fourth-order valence-corrected chi connectivity index (χ4v) is 4.88. The van der Waals surface area contributed by atoms with Crippen LogP contribution in [0.5, 0.6) is 5.75 Å². The SMILES string of the molecule is CCCCN1C(=O)[C@@H](C(=O)OCC)[C@@H](c2ccc(OCc3ccccc3)cc2)n2c1nc1ccccc12. The highest BCUT2D eigenvalue weighted by atomic mass is 16.5. The van der Waals surface area contributed by atoms with Gasteiger partial charge in [-0.05, 0) is 48.7 Å². The van der Waals surface area contributed by atoms with E-state index in [0.29, 0.717) is 24.8 Å². The van der Waals surface area contributed by atoms with Crippen LogP contribution < -0.4 is 9.64 Å². The maximum Gasteiger partial charge on any atom is 0.321 e. The van der Waals surface area contributed by atoms with Gasteiger partial charge in [0.2, 0.25) is 11.9 Å². The standard InChI is InChI=1S/C30H31N3O4/c1-3-5-19-32-28(34)26(29(35)36-4-2)27(33-25-14-10-9-13-24(25)31-30(32)33)22-15-17-23(18-16-22)37-20-21-11-7-6-8-12-21/h6-18,26-27H,3-5,19-20H2,1-2H3/t26-,27+/m0/s1. The summed E-state index contributed by atoms with van der Waals surface area (Å²) in [6.45, 7) is 4.98. The normalized spacial score (nSPS) is 17.0. The van der Waals surface area contributed by atoms with Gasteiger partial charge < -0.3 is 14.0 Å². The zero-order valence-electron chi connectivity index (χ0n) is 21.2. The second-order valence-corrected chi connectivity index (χ2v) is 9.13. The Labute approximate surface area is 216 Å². The van der Waals surface area contributed by atoms with Crippen LogP contribution in [0.2, 0.25) is 0 Å². The zero-order valence-corrected chi connectivity index (χ0v) is 21.2. The van der Waals surface area contributed by atoms with E-state index in [1.54, 1.807) is 11.8 Å². The molecule has 2 atom stereocenters. The van der Waals surface area contributed by atoms with Crippen LogP contribution in [0.25, 0.3) is 11.0 Å². The highest BCUT2D eigenvalue weighted by Crippen LogP contribution is 2.41. The summed E-state index contributed by atoms with van der Waals surface area (Å²) in [5.74, 6) is -0.536. The number of nitrogens with zero attached hydrogens (tertiary/aromatic N) is 3. The van der Waals surface area contributed by atoms with Crippen LogP contribution in [-0.2, 0) is 20.9 Å². The molecule has 0 saturated carbocycles. The molecule has 1 aliphatic heterocycles. The first kappa shape index (κ1) is 24.6. The molecule has 0 N–H and O–H groups in total. The van der Waals surface area contributed by atoms with Crippen LogP contribution in [0.15, 0.2) is 78.9 Å². The molecule has 4 aromatic rings. The molecule has 1 amide bonds. The third-order valence-electron chi connectivity index (χ3n) is 6.69. The third-order valence-corrected chi connectivity index (χ3v) is 6.69. The number of benzene rings is 3. The summed E-state index contributed by atoms with van der Waals surface area (Å²) in [5.41, 5.74) is 3.55. The lowest BCUT2D eigenvalue weighted by atomic mass is 9.89. The minimum Gasteiger partial charge on any atom is -0.489 e. The smallest absolute Gasteiger partial charge is 0.321 e. The number of carbonyl (C=O) groups excluding carboxylic acids is 2. The summed E-state index contributed by atoms with van der Waals surface area (Å²) in [7, 11) is 0. The molecular weight excluding hydrogens is 466 g/mol. The van der Waals surface area contributed by atoms with Gasteiger partial charge in [0.15, 0.2) is 5.92 Å². The zero-order chi connectivity index (χ0) is 25.8. The molecule has 0 unspecified atom stereocenters. The lowest BCUT2D eigenvalue weighted by molar-refractivity contribution is -0.153. The quantitative estimate of drug-likeness (QED) is 0.225. The molecule has 0 radical (unpaired) electrons. The number of hydrogen-bond donors (Lipinski definition) is 0. The number of hydrogen-bond acceptors (Lipinski definition) is 5. The maximum absolute atomic E-state index is 13.8. The Kier molecular flexibility index (Phi) is 7.21. The Morgan fingerprint density at radius 2 is 1.68 bits per heavy atom. The molecular formula is C30H31N3O4. The van der Waals surface area contributed by atoms with Gasteiger partial charge in [-0.25, -0.2) is 4.98 Å².